The van der Waals surface area contributed by atoms with E-state index in [-0.39, 0.29) is 18.6 Å². The van der Waals surface area contributed by atoms with Gasteiger partial charge in [0.1, 0.15) is 18.4 Å². The molecule has 25 heavy (non-hydrogen) atoms. The van der Waals surface area contributed by atoms with Gasteiger partial charge in [0.25, 0.3) is 5.56 Å². The fourth-order valence-electron chi connectivity index (χ4n) is 2.52. The van der Waals surface area contributed by atoms with Crippen molar-refractivity contribution in [1.29, 1.82) is 0 Å². The average Bonchev–Trinajstić information content (AvgIpc) is 3.01. The Kier molecular flexibility index (Phi) is 5.30. The molecular weight excluding hydrogens is 445 g/mol. The number of nitrogens with one attached hydrogen (secondary N) is 1. The molecule has 1 aliphatic rings. The third-order valence-electron chi connectivity index (χ3n) is 3.75. The third kappa shape index (κ3) is 3.80. The van der Waals surface area contributed by atoms with E-state index in [2.05, 4.69) is 9.97 Å². The first kappa shape index (κ1) is 17.8. The highest BCUT2D eigenvalue weighted by Gasteiger charge is 2.39. The van der Waals surface area contributed by atoms with E-state index in [1.54, 1.807) is 34.7 Å². The van der Waals surface area contributed by atoms with Gasteiger partial charge < -0.3 is 14.6 Å². The number of halogens is 1. The van der Waals surface area contributed by atoms with Crippen LogP contribution in [0.4, 0.5) is 0 Å². The Morgan fingerprint density at radius 1 is 1.52 bits per heavy atom. The number of nitrogens with zero attached hydrogens (tertiary/aromatic N) is 2. The third-order valence-corrected chi connectivity index (χ3v) is 4.52. The number of aromatic nitrogens is 3. The van der Waals surface area contributed by atoms with Crippen LogP contribution >= 0.6 is 22.6 Å². The van der Waals surface area contributed by atoms with Gasteiger partial charge in [-0.05, 0) is 34.7 Å². The summed E-state index contributed by atoms with van der Waals surface area (Å²) in [6, 6.07) is 3.17. The Labute approximate surface area is 154 Å². The Balaban J connectivity index is 1.79. The molecule has 2 aromatic heterocycles. The molecule has 1 aliphatic heterocycles. The lowest BCUT2D eigenvalue weighted by molar-refractivity contribution is -0.0522. The molecule has 3 rings (SSSR count). The zero-order chi connectivity index (χ0) is 18.0. The highest BCUT2D eigenvalue weighted by atomic mass is 127. The van der Waals surface area contributed by atoms with E-state index in [4.69, 9.17) is 9.47 Å². The van der Waals surface area contributed by atoms with Gasteiger partial charge in [0.05, 0.1) is 15.7 Å². The van der Waals surface area contributed by atoms with Crippen molar-refractivity contribution in [1.82, 2.24) is 14.5 Å². The minimum absolute atomic E-state index is 0.166. The summed E-state index contributed by atoms with van der Waals surface area (Å²) in [5, 5.41) is 9.48. The van der Waals surface area contributed by atoms with Gasteiger partial charge >= 0.3 is 11.7 Å². The van der Waals surface area contributed by atoms with Crippen LogP contribution in [0.3, 0.4) is 0 Å². The topological polar surface area (TPSA) is 124 Å². The van der Waals surface area contributed by atoms with Gasteiger partial charge in [-0.3, -0.25) is 19.3 Å². The molecule has 2 N–H and O–H groups in total. The summed E-state index contributed by atoms with van der Waals surface area (Å²) in [6.07, 6.45) is 2.17. The molecule has 0 amide bonds. The normalized spacial score (nSPS) is 22.7. The SMILES string of the molecule is O=C(O[C@H]1C[C@H](n2cc(I)c(=O)[nH]c2=O)O[C@@H]1CO)c1cccnc1. The summed E-state index contributed by atoms with van der Waals surface area (Å²) in [6.45, 7) is -0.378. The van der Waals surface area contributed by atoms with Crippen molar-refractivity contribution in [2.24, 2.45) is 0 Å². The van der Waals surface area contributed by atoms with E-state index in [1.165, 1.54) is 23.2 Å². The predicted molar refractivity (Wildman–Crippen MR) is 93.1 cm³/mol. The summed E-state index contributed by atoms with van der Waals surface area (Å²) in [7, 11) is 0. The summed E-state index contributed by atoms with van der Waals surface area (Å²) < 4.78 is 12.5. The lowest BCUT2D eigenvalue weighted by atomic mass is 10.2. The minimum Gasteiger partial charge on any atom is -0.456 e. The first-order valence-corrected chi connectivity index (χ1v) is 8.45. The van der Waals surface area contributed by atoms with Crippen molar-refractivity contribution in [3.8, 4) is 0 Å². The first-order valence-electron chi connectivity index (χ1n) is 7.38. The molecule has 10 heteroatoms. The minimum atomic E-state index is -0.776. The Morgan fingerprint density at radius 2 is 2.32 bits per heavy atom. The number of carbonyl (C=O) groups is 1. The van der Waals surface area contributed by atoms with Crippen LogP contribution in [-0.2, 0) is 9.47 Å². The molecule has 0 aliphatic carbocycles. The number of H-pyrrole nitrogens is 1. The number of rotatable bonds is 4. The molecule has 132 valence electrons. The number of esters is 1. The van der Waals surface area contributed by atoms with Gasteiger partial charge in [-0.15, -0.1) is 0 Å². The summed E-state index contributed by atoms with van der Waals surface area (Å²) in [5.41, 5.74) is -0.845. The van der Waals surface area contributed by atoms with Crippen LogP contribution < -0.4 is 11.2 Å². The van der Waals surface area contributed by atoms with E-state index in [0.717, 1.165) is 0 Å². The quantitative estimate of drug-likeness (QED) is 0.489. The molecule has 2 aromatic rings. The van der Waals surface area contributed by atoms with Gasteiger partial charge in [-0.1, -0.05) is 0 Å². The van der Waals surface area contributed by atoms with Crippen molar-refractivity contribution in [3.63, 3.8) is 0 Å². The van der Waals surface area contributed by atoms with Crippen molar-refractivity contribution in [3.05, 3.63) is 60.7 Å². The predicted octanol–water partition coefficient (Wildman–Crippen LogP) is 0.0416. The monoisotopic (exact) mass is 459 g/mol. The van der Waals surface area contributed by atoms with Crippen molar-refractivity contribution < 1.29 is 19.4 Å². The number of aliphatic hydroxyl groups is 1. The van der Waals surface area contributed by atoms with Crippen molar-refractivity contribution >= 4 is 28.6 Å². The molecule has 0 saturated carbocycles. The fourth-order valence-corrected chi connectivity index (χ4v) is 2.96. The van der Waals surface area contributed by atoms with Gasteiger partial charge in [0.15, 0.2) is 0 Å². The van der Waals surface area contributed by atoms with Crippen LogP contribution in [0.1, 0.15) is 23.0 Å². The molecule has 3 atom stereocenters. The molecule has 3 heterocycles. The molecule has 0 unspecified atom stereocenters. The summed E-state index contributed by atoms with van der Waals surface area (Å²) >= 11 is 1.80. The number of aromatic amines is 1. The maximum Gasteiger partial charge on any atom is 0.340 e. The summed E-state index contributed by atoms with van der Waals surface area (Å²) in [5.74, 6) is -0.593. The van der Waals surface area contributed by atoms with Gasteiger partial charge in [0, 0.05) is 25.0 Å². The lowest BCUT2D eigenvalue weighted by Crippen LogP contribution is -2.33. The highest BCUT2D eigenvalue weighted by Crippen LogP contribution is 2.30. The number of hydrogen-bond acceptors (Lipinski definition) is 7. The second-order valence-corrected chi connectivity index (χ2v) is 6.54. The number of carbonyl (C=O) groups excluding carboxylic acids is 1. The van der Waals surface area contributed by atoms with Crippen molar-refractivity contribution in [2.75, 3.05) is 6.61 Å². The van der Waals surface area contributed by atoms with E-state index in [0.29, 0.717) is 3.57 Å². The molecule has 9 nitrogen and oxygen atoms in total. The second-order valence-electron chi connectivity index (χ2n) is 5.38. The van der Waals surface area contributed by atoms with Crippen LogP contribution in [0.15, 0.2) is 40.3 Å². The summed E-state index contributed by atoms with van der Waals surface area (Å²) in [4.78, 5) is 41.6. The molecular formula is C15H14IN3O6. The molecule has 0 bridgehead atoms. The molecule has 0 aromatic carbocycles. The zero-order valence-electron chi connectivity index (χ0n) is 12.8. The lowest BCUT2D eigenvalue weighted by Gasteiger charge is -2.16. The Morgan fingerprint density at radius 3 is 3.00 bits per heavy atom. The largest absolute Gasteiger partial charge is 0.456 e. The number of pyridine rings is 1. The Bertz CT molecular complexity index is 881. The fraction of sp³-hybridized carbons (Fsp3) is 0.333. The maximum absolute atomic E-state index is 12.2. The number of aliphatic hydroxyl groups excluding tert-OH is 1. The molecule has 0 spiro atoms. The second kappa shape index (κ2) is 7.45. The van der Waals surface area contributed by atoms with Gasteiger partial charge in [-0.2, -0.15) is 0 Å². The smallest absolute Gasteiger partial charge is 0.340 e. The number of hydrogen-bond donors (Lipinski definition) is 2. The Hall–Kier alpha value is -2.05. The van der Waals surface area contributed by atoms with E-state index in [1.807, 2.05) is 0 Å². The molecule has 1 saturated heterocycles. The van der Waals surface area contributed by atoms with E-state index >= 15 is 0 Å². The van der Waals surface area contributed by atoms with Gasteiger partial charge in [0.2, 0.25) is 0 Å². The molecule has 1 fully saturated rings. The zero-order valence-corrected chi connectivity index (χ0v) is 15.0. The van der Waals surface area contributed by atoms with E-state index < -0.39 is 35.7 Å². The maximum atomic E-state index is 12.2. The van der Waals surface area contributed by atoms with Crippen LogP contribution in [0.2, 0.25) is 0 Å². The first-order chi connectivity index (χ1) is 12.0. The van der Waals surface area contributed by atoms with Crippen LogP contribution in [0.5, 0.6) is 0 Å². The number of ether oxygens (including phenoxy) is 2. The van der Waals surface area contributed by atoms with Crippen LogP contribution in [0.25, 0.3) is 0 Å². The van der Waals surface area contributed by atoms with Crippen LogP contribution in [0, 0.1) is 3.57 Å². The highest BCUT2D eigenvalue weighted by molar-refractivity contribution is 14.1. The van der Waals surface area contributed by atoms with Crippen LogP contribution in [-0.4, -0.2) is 44.4 Å². The molecule has 0 radical (unpaired) electrons. The van der Waals surface area contributed by atoms with Gasteiger partial charge in [-0.25, -0.2) is 9.59 Å². The van der Waals surface area contributed by atoms with E-state index in [9.17, 15) is 19.5 Å². The average molecular weight is 459 g/mol. The standard InChI is InChI=1S/C15H14IN3O6/c16-9-6-19(15(23)18-13(9)21)12-4-10(11(7-20)24-12)25-14(22)8-2-1-3-17-5-8/h1-3,5-6,10-12,20H,4,7H2,(H,18,21,23)/t10-,11+,12+/m0/s1. The van der Waals surface area contributed by atoms with Crippen molar-refractivity contribution in [2.45, 2.75) is 24.9 Å².